The molecular weight excluding hydrogens is 378 g/mol. The highest BCUT2D eigenvalue weighted by molar-refractivity contribution is 7.92. The Morgan fingerprint density at radius 1 is 1.19 bits per heavy atom. The molecule has 2 aliphatic rings. The molecular formula is C16H23N3O5S2. The van der Waals surface area contributed by atoms with E-state index in [-0.39, 0.29) is 28.8 Å². The first kappa shape index (κ1) is 19.1. The molecule has 0 unspecified atom stereocenters. The van der Waals surface area contributed by atoms with Gasteiger partial charge < -0.3 is 5.32 Å². The number of hydrogen-bond donors (Lipinski definition) is 2. The molecule has 2 atom stereocenters. The molecule has 0 saturated carbocycles. The van der Waals surface area contributed by atoms with E-state index in [9.17, 15) is 21.6 Å². The molecule has 8 nitrogen and oxygen atoms in total. The predicted molar refractivity (Wildman–Crippen MR) is 99.4 cm³/mol. The Kier molecular flexibility index (Phi) is 5.27. The molecule has 2 N–H and O–H groups in total. The number of likely N-dealkylation sites (tertiary alicyclic amines) is 1. The topological polar surface area (TPSA) is 113 Å². The zero-order chi connectivity index (χ0) is 18.9. The fraction of sp³-hybridized carbons (Fsp3) is 0.562. The molecule has 0 spiro atoms. The van der Waals surface area contributed by atoms with Crippen molar-refractivity contribution in [2.24, 2.45) is 0 Å². The molecule has 2 fully saturated rings. The molecule has 144 valence electrons. The van der Waals surface area contributed by atoms with Gasteiger partial charge in [0, 0.05) is 17.3 Å². The molecule has 1 aromatic rings. The summed E-state index contributed by atoms with van der Waals surface area (Å²) in [7, 11) is -6.64. The van der Waals surface area contributed by atoms with Gasteiger partial charge in [-0.25, -0.2) is 16.8 Å². The van der Waals surface area contributed by atoms with Crippen LogP contribution in [0.3, 0.4) is 0 Å². The zero-order valence-corrected chi connectivity index (χ0v) is 16.1. The van der Waals surface area contributed by atoms with E-state index in [0.29, 0.717) is 0 Å². The summed E-state index contributed by atoms with van der Waals surface area (Å²) in [5.41, 5.74) is 0.568. The first-order chi connectivity index (χ1) is 12.1. The van der Waals surface area contributed by atoms with E-state index < -0.39 is 31.8 Å². The van der Waals surface area contributed by atoms with E-state index in [1.54, 1.807) is 18.2 Å². The minimum Gasteiger partial charge on any atom is -0.347 e. The van der Waals surface area contributed by atoms with Crippen LogP contribution in [-0.4, -0.2) is 70.6 Å². The number of nitrogens with one attached hydrogen (secondary N) is 2. The smallest absolute Gasteiger partial charge is 0.251 e. The van der Waals surface area contributed by atoms with Gasteiger partial charge in [-0.1, -0.05) is 6.07 Å². The zero-order valence-electron chi connectivity index (χ0n) is 14.5. The first-order valence-corrected chi connectivity index (χ1v) is 12.2. The third-order valence-corrected chi connectivity index (χ3v) is 7.00. The van der Waals surface area contributed by atoms with Gasteiger partial charge in [0.05, 0.1) is 23.8 Å². The van der Waals surface area contributed by atoms with Crippen molar-refractivity contribution in [3.8, 4) is 0 Å². The van der Waals surface area contributed by atoms with E-state index >= 15 is 0 Å². The molecule has 2 heterocycles. The second-order valence-electron chi connectivity index (χ2n) is 6.92. The lowest BCUT2D eigenvalue weighted by Crippen LogP contribution is -2.50. The minimum atomic E-state index is -3.44. The van der Waals surface area contributed by atoms with Crippen molar-refractivity contribution in [2.75, 3.05) is 35.6 Å². The van der Waals surface area contributed by atoms with E-state index in [4.69, 9.17) is 0 Å². The van der Waals surface area contributed by atoms with Crippen molar-refractivity contribution in [3.63, 3.8) is 0 Å². The van der Waals surface area contributed by atoms with Crippen LogP contribution in [0.5, 0.6) is 0 Å². The van der Waals surface area contributed by atoms with Gasteiger partial charge in [-0.15, -0.1) is 0 Å². The number of amides is 1. The average Bonchev–Trinajstić information content (AvgIpc) is 3.13. The molecule has 10 heteroatoms. The summed E-state index contributed by atoms with van der Waals surface area (Å²) in [5.74, 6) is -0.414. The molecule has 3 rings (SSSR count). The van der Waals surface area contributed by atoms with Crippen molar-refractivity contribution in [1.82, 2.24) is 10.2 Å². The summed E-state index contributed by atoms with van der Waals surface area (Å²) in [6.45, 7) is 1.70. The van der Waals surface area contributed by atoms with Crippen LogP contribution in [0.15, 0.2) is 24.3 Å². The normalized spacial score (nSPS) is 25.9. The highest BCUT2D eigenvalue weighted by Gasteiger charge is 2.42. The highest BCUT2D eigenvalue weighted by Crippen LogP contribution is 2.23. The molecule has 1 amide bonds. The van der Waals surface area contributed by atoms with Gasteiger partial charge in [-0.3, -0.25) is 14.4 Å². The maximum absolute atomic E-state index is 12.6. The third-order valence-electron chi connectivity index (χ3n) is 4.68. The molecule has 0 aliphatic carbocycles. The van der Waals surface area contributed by atoms with Gasteiger partial charge in [0.15, 0.2) is 9.84 Å². The molecule has 2 aliphatic heterocycles. The van der Waals surface area contributed by atoms with Crippen molar-refractivity contribution in [2.45, 2.75) is 24.9 Å². The lowest BCUT2D eigenvalue weighted by atomic mass is 10.1. The van der Waals surface area contributed by atoms with Crippen LogP contribution in [-0.2, 0) is 19.9 Å². The predicted octanol–water partition coefficient (Wildman–Crippen LogP) is 0.0493. The van der Waals surface area contributed by atoms with Crippen LogP contribution in [0.1, 0.15) is 23.2 Å². The number of carbonyl (C=O) groups is 1. The fourth-order valence-corrected chi connectivity index (χ4v) is 6.10. The summed E-state index contributed by atoms with van der Waals surface area (Å²) in [6.07, 6.45) is 3.11. The monoisotopic (exact) mass is 401 g/mol. The van der Waals surface area contributed by atoms with E-state index in [1.165, 1.54) is 6.07 Å². The van der Waals surface area contributed by atoms with Gasteiger partial charge in [0.2, 0.25) is 10.0 Å². The van der Waals surface area contributed by atoms with E-state index in [1.807, 2.05) is 0 Å². The Labute approximate surface area is 153 Å². The Morgan fingerprint density at radius 2 is 1.88 bits per heavy atom. The molecule has 1 aromatic carbocycles. The van der Waals surface area contributed by atoms with Crippen molar-refractivity contribution in [3.05, 3.63) is 29.8 Å². The average molecular weight is 402 g/mol. The van der Waals surface area contributed by atoms with Gasteiger partial charge in [-0.05, 0) is 44.1 Å². The van der Waals surface area contributed by atoms with Crippen LogP contribution >= 0.6 is 0 Å². The summed E-state index contributed by atoms with van der Waals surface area (Å²) >= 11 is 0. The first-order valence-electron chi connectivity index (χ1n) is 8.46. The van der Waals surface area contributed by atoms with Crippen molar-refractivity contribution >= 4 is 31.5 Å². The minimum absolute atomic E-state index is 0.0631. The summed E-state index contributed by atoms with van der Waals surface area (Å²) in [4.78, 5) is 14.7. The van der Waals surface area contributed by atoms with Crippen molar-refractivity contribution in [1.29, 1.82) is 0 Å². The Morgan fingerprint density at radius 3 is 2.54 bits per heavy atom. The van der Waals surface area contributed by atoms with Crippen LogP contribution in [0.4, 0.5) is 5.69 Å². The Bertz CT molecular complexity index is 892. The molecule has 0 radical (unpaired) electrons. The number of anilines is 1. The maximum atomic E-state index is 12.6. The van der Waals surface area contributed by atoms with E-state index in [2.05, 4.69) is 14.9 Å². The van der Waals surface area contributed by atoms with Gasteiger partial charge in [0.1, 0.15) is 0 Å². The van der Waals surface area contributed by atoms with Crippen LogP contribution in [0.2, 0.25) is 0 Å². The standard InChI is InChI=1S/C16H23N3O5S2/c1-25(21,22)18-13-6-4-5-12(9-13)16(20)17-14-10-26(23,24)11-15(14)19-7-2-3-8-19/h4-6,9,14-15,18H,2-3,7-8,10-11H2,1H3,(H,17,20)/t14-,15-/m1/s1. The second-order valence-corrected chi connectivity index (χ2v) is 10.8. The van der Waals surface area contributed by atoms with E-state index in [0.717, 1.165) is 32.2 Å². The number of benzene rings is 1. The molecule has 0 bridgehead atoms. The lowest BCUT2D eigenvalue weighted by molar-refractivity contribution is 0.0918. The SMILES string of the molecule is CS(=O)(=O)Nc1cccc(C(=O)N[C@@H]2CS(=O)(=O)C[C@H]2N2CCCC2)c1. The number of nitrogens with zero attached hydrogens (tertiary/aromatic N) is 1. The fourth-order valence-electron chi connectivity index (χ4n) is 3.59. The molecule has 2 saturated heterocycles. The molecule has 26 heavy (non-hydrogen) atoms. The molecule has 0 aromatic heterocycles. The van der Waals surface area contributed by atoms with Crippen molar-refractivity contribution < 1.29 is 21.6 Å². The largest absolute Gasteiger partial charge is 0.347 e. The van der Waals surface area contributed by atoms with Gasteiger partial charge in [0.25, 0.3) is 5.91 Å². The maximum Gasteiger partial charge on any atom is 0.251 e. The third kappa shape index (κ3) is 4.74. The van der Waals surface area contributed by atoms with Crippen LogP contribution < -0.4 is 10.0 Å². The summed E-state index contributed by atoms with van der Waals surface area (Å²) in [5, 5.41) is 2.83. The number of carbonyl (C=O) groups excluding carboxylic acids is 1. The Hall–Kier alpha value is -1.65. The number of hydrogen-bond acceptors (Lipinski definition) is 6. The summed E-state index contributed by atoms with van der Waals surface area (Å²) < 4.78 is 49.2. The number of rotatable bonds is 5. The lowest BCUT2D eigenvalue weighted by Gasteiger charge is -2.28. The number of sulfone groups is 1. The second kappa shape index (κ2) is 7.16. The number of sulfonamides is 1. The van der Waals surface area contributed by atoms with Crippen LogP contribution in [0, 0.1) is 0 Å². The van der Waals surface area contributed by atoms with Gasteiger partial charge >= 0.3 is 0 Å². The van der Waals surface area contributed by atoms with Crippen LogP contribution in [0.25, 0.3) is 0 Å². The summed E-state index contributed by atoms with van der Waals surface area (Å²) in [6, 6.07) is 5.46. The Balaban J connectivity index is 1.75. The highest BCUT2D eigenvalue weighted by atomic mass is 32.2. The quantitative estimate of drug-likeness (QED) is 0.721. The van der Waals surface area contributed by atoms with Gasteiger partial charge in [-0.2, -0.15) is 0 Å².